The first kappa shape index (κ1) is 14.6. The van der Waals surface area contributed by atoms with Gasteiger partial charge in [-0.2, -0.15) is 5.10 Å². The zero-order chi connectivity index (χ0) is 15.9. The molecule has 0 bridgehead atoms. The number of carbonyl (C=O) groups excluding carboxylic acids is 1. The molecule has 2 heterocycles. The van der Waals surface area contributed by atoms with E-state index in [0.717, 1.165) is 23.4 Å². The normalized spacial score (nSPS) is 15.5. The number of benzene rings is 1. The van der Waals surface area contributed by atoms with E-state index < -0.39 is 17.7 Å². The number of aliphatic hydroxyl groups excluding tert-OH is 1. The third-order valence-corrected chi connectivity index (χ3v) is 3.80. The summed E-state index contributed by atoms with van der Waals surface area (Å²) in [7, 11) is 0. The molecule has 2 aromatic rings. The van der Waals surface area contributed by atoms with Crippen molar-refractivity contribution in [2.75, 3.05) is 6.54 Å². The number of amides is 1. The van der Waals surface area contributed by atoms with Crippen molar-refractivity contribution in [3.05, 3.63) is 41.1 Å². The molecule has 1 atom stereocenters. The van der Waals surface area contributed by atoms with Crippen molar-refractivity contribution in [2.24, 2.45) is 0 Å². The van der Waals surface area contributed by atoms with Crippen molar-refractivity contribution in [3.63, 3.8) is 0 Å². The van der Waals surface area contributed by atoms with Crippen LogP contribution in [0.4, 0.5) is 8.78 Å². The lowest BCUT2D eigenvalue weighted by Gasteiger charge is -2.28. The van der Waals surface area contributed by atoms with Crippen molar-refractivity contribution >= 4 is 5.91 Å². The van der Waals surface area contributed by atoms with Crippen molar-refractivity contribution in [3.8, 4) is 11.3 Å². The third-order valence-electron chi connectivity index (χ3n) is 3.80. The predicted molar refractivity (Wildman–Crippen MR) is 74.7 cm³/mol. The second-order valence-electron chi connectivity index (χ2n) is 5.34. The van der Waals surface area contributed by atoms with E-state index in [4.69, 9.17) is 0 Å². The van der Waals surface area contributed by atoms with E-state index in [2.05, 4.69) is 10.2 Å². The molecule has 0 saturated carbocycles. The Morgan fingerprint density at radius 3 is 2.86 bits per heavy atom. The molecule has 0 fully saturated rings. The highest BCUT2D eigenvalue weighted by atomic mass is 19.2. The topological polar surface area (TPSA) is 69.2 Å². The summed E-state index contributed by atoms with van der Waals surface area (Å²) in [5.41, 5.74) is 2.58. The zero-order valence-electron chi connectivity index (χ0n) is 11.9. The Bertz CT molecular complexity index is 728. The summed E-state index contributed by atoms with van der Waals surface area (Å²) in [4.78, 5) is 13.4. The first-order valence-electron chi connectivity index (χ1n) is 6.95. The number of H-pyrrole nitrogens is 1. The predicted octanol–water partition coefficient (Wildman–Crippen LogP) is 1.62. The van der Waals surface area contributed by atoms with Crippen molar-refractivity contribution in [1.29, 1.82) is 0 Å². The van der Waals surface area contributed by atoms with E-state index in [9.17, 15) is 18.7 Å². The Labute approximate surface area is 125 Å². The average molecular weight is 307 g/mol. The van der Waals surface area contributed by atoms with Crippen LogP contribution >= 0.6 is 0 Å². The number of rotatable bonds is 2. The lowest BCUT2D eigenvalue weighted by molar-refractivity contribution is -0.140. The van der Waals surface area contributed by atoms with Crippen LogP contribution in [0.5, 0.6) is 0 Å². The van der Waals surface area contributed by atoms with Gasteiger partial charge in [-0.3, -0.25) is 9.89 Å². The Kier molecular flexibility index (Phi) is 3.66. The van der Waals surface area contributed by atoms with Gasteiger partial charge in [0, 0.05) is 36.3 Å². The van der Waals surface area contributed by atoms with Crippen LogP contribution in [0.3, 0.4) is 0 Å². The molecule has 1 amide bonds. The summed E-state index contributed by atoms with van der Waals surface area (Å²) in [6.45, 7) is 2.18. The maximum Gasteiger partial charge on any atom is 0.251 e. The van der Waals surface area contributed by atoms with Crippen LogP contribution in [-0.4, -0.2) is 38.8 Å². The highest BCUT2D eigenvalue weighted by molar-refractivity contribution is 5.81. The number of aromatic nitrogens is 2. The first-order chi connectivity index (χ1) is 10.5. The number of nitrogens with zero attached hydrogens (tertiary/aromatic N) is 2. The van der Waals surface area contributed by atoms with Crippen molar-refractivity contribution in [1.82, 2.24) is 15.1 Å². The number of halogens is 2. The Morgan fingerprint density at radius 1 is 1.41 bits per heavy atom. The van der Waals surface area contributed by atoms with Gasteiger partial charge in [0.05, 0.1) is 5.69 Å². The van der Waals surface area contributed by atoms with Crippen molar-refractivity contribution < 1.29 is 18.7 Å². The van der Waals surface area contributed by atoms with Crippen LogP contribution in [0.2, 0.25) is 0 Å². The number of nitrogens with one attached hydrogen (secondary N) is 1. The molecule has 7 heteroatoms. The van der Waals surface area contributed by atoms with Gasteiger partial charge in [0.25, 0.3) is 5.91 Å². The van der Waals surface area contributed by atoms with E-state index >= 15 is 0 Å². The van der Waals surface area contributed by atoms with Gasteiger partial charge in [-0.15, -0.1) is 0 Å². The van der Waals surface area contributed by atoms with E-state index in [1.165, 1.54) is 17.9 Å². The average Bonchev–Trinajstić information content (AvgIpc) is 2.92. The standard InChI is InChI=1S/C15H15F2N3O2/c1-8(21)15(22)20-5-4-13-10(7-20)14(19-18-13)9-2-3-11(16)12(17)6-9/h2-3,6,8,21H,4-5,7H2,1H3,(H,18,19)/t8-/m0/s1. The first-order valence-corrected chi connectivity index (χ1v) is 6.95. The minimum absolute atomic E-state index is 0.282. The Morgan fingerprint density at radius 2 is 2.18 bits per heavy atom. The van der Waals surface area contributed by atoms with Crippen LogP contribution in [0.1, 0.15) is 18.2 Å². The molecule has 5 nitrogen and oxygen atoms in total. The molecule has 0 unspecified atom stereocenters. The molecule has 0 saturated heterocycles. The molecule has 0 spiro atoms. The number of carbonyl (C=O) groups is 1. The molecule has 1 aromatic heterocycles. The number of hydrogen-bond donors (Lipinski definition) is 2. The maximum atomic E-state index is 13.4. The summed E-state index contributed by atoms with van der Waals surface area (Å²) in [6.07, 6.45) is -0.495. The maximum absolute atomic E-state index is 13.4. The van der Waals surface area contributed by atoms with Crippen LogP contribution in [0, 0.1) is 11.6 Å². The number of hydrogen-bond acceptors (Lipinski definition) is 3. The quantitative estimate of drug-likeness (QED) is 0.886. The summed E-state index contributed by atoms with van der Waals surface area (Å²) in [6, 6.07) is 3.58. The van der Waals surface area contributed by atoms with Gasteiger partial charge in [-0.05, 0) is 25.1 Å². The monoisotopic (exact) mass is 307 g/mol. The lowest BCUT2D eigenvalue weighted by Crippen LogP contribution is -2.41. The molecule has 1 aliphatic heterocycles. The lowest BCUT2D eigenvalue weighted by atomic mass is 10.0. The van der Waals surface area contributed by atoms with Gasteiger partial charge in [-0.1, -0.05) is 0 Å². The summed E-state index contributed by atoms with van der Waals surface area (Å²) in [5.74, 6) is -2.22. The second kappa shape index (κ2) is 5.49. The number of fused-ring (bicyclic) bond motifs is 1. The van der Waals surface area contributed by atoms with E-state index in [1.54, 1.807) is 0 Å². The van der Waals surface area contributed by atoms with Crippen LogP contribution in [0.15, 0.2) is 18.2 Å². The van der Waals surface area contributed by atoms with Crippen LogP contribution in [-0.2, 0) is 17.8 Å². The highest BCUT2D eigenvalue weighted by Crippen LogP contribution is 2.29. The van der Waals surface area contributed by atoms with E-state index in [1.807, 2.05) is 0 Å². The molecular weight excluding hydrogens is 292 g/mol. The fourth-order valence-corrected chi connectivity index (χ4v) is 2.63. The summed E-state index contributed by atoms with van der Waals surface area (Å²) < 4.78 is 26.5. The van der Waals surface area contributed by atoms with Gasteiger partial charge in [0.2, 0.25) is 0 Å². The summed E-state index contributed by atoms with van der Waals surface area (Å²) in [5, 5.41) is 16.5. The molecule has 0 radical (unpaired) electrons. The van der Waals surface area contributed by atoms with Crippen molar-refractivity contribution in [2.45, 2.75) is 26.0 Å². The molecule has 3 rings (SSSR count). The molecular formula is C15H15F2N3O2. The fraction of sp³-hybridized carbons (Fsp3) is 0.333. The molecule has 0 aliphatic carbocycles. The van der Waals surface area contributed by atoms with Gasteiger partial charge >= 0.3 is 0 Å². The SMILES string of the molecule is C[C@H](O)C(=O)N1CCc2[nH]nc(-c3ccc(F)c(F)c3)c2C1. The third kappa shape index (κ3) is 2.48. The van der Waals surface area contributed by atoms with Gasteiger partial charge in [0.15, 0.2) is 11.6 Å². The van der Waals surface area contributed by atoms with E-state index in [-0.39, 0.29) is 12.5 Å². The highest BCUT2D eigenvalue weighted by Gasteiger charge is 2.27. The molecule has 1 aliphatic rings. The van der Waals surface area contributed by atoms with Crippen LogP contribution in [0.25, 0.3) is 11.3 Å². The Hall–Kier alpha value is -2.28. The fourth-order valence-electron chi connectivity index (χ4n) is 2.63. The second-order valence-corrected chi connectivity index (χ2v) is 5.34. The van der Waals surface area contributed by atoms with Crippen LogP contribution < -0.4 is 0 Å². The Balaban J connectivity index is 1.95. The van der Waals surface area contributed by atoms with Gasteiger partial charge in [-0.25, -0.2) is 8.78 Å². The summed E-state index contributed by atoms with van der Waals surface area (Å²) >= 11 is 0. The largest absolute Gasteiger partial charge is 0.384 e. The minimum Gasteiger partial charge on any atom is -0.384 e. The van der Waals surface area contributed by atoms with Gasteiger partial charge in [0.1, 0.15) is 6.10 Å². The molecule has 116 valence electrons. The smallest absolute Gasteiger partial charge is 0.251 e. The van der Waals surface area contributed by atoms with Gasteiger partial charge < -0.3 is 10.0 Å². The molecule has 1 aromatic carbocycles. The zero-order valence-corrected chi connectivity index (χ0v) is 11.9. The van der Waals surface area contributed by atoms with E-state index in [0.29, 0.717) is 24.2 Å². The molecule has 22 heavy (non-hydrogen) atoms. The number of aromatic amines is 1. The number of aliphatic hydroxyl groups is 1. The minimum atomic E-state index is -1.07. The molecule has 2 N–H and O–H groups in total.